The van der Waals surface area contributed by atoms with Gasteiger partial charge in [-0.15, -0.1) is 0 Å². The fourth-order valence-corrected chi connectivity index (χ4v) is 2.78. The van der Waals surface area contributed by atoms with Crippen LogP contribution in [-0.2, 0) is 0 Å². The van der Waals surface area contributed by atoms with Crippen LogP contribution in [-0.4, -0.2) is 5.75 Å². The molecule has 0 unspecified atom stereocenters. The first-order valence-electron chi connectivity index (χ1n) is 4.44. The monoisotopic (exact) mass is 170 g/mol. The van der Waals surface area contributed by atoms with Crippen LogP contribution in [0.3, 0.4) is 0 Å². The van der Waals surface area contributed by atoms with E-state index in [1.165, 1.54) is 12.8 Å². The van der Waals surface area contributed by atoms with Crippen LogP contribution in [0.15, 0.2) is 11.1 Å². The van der Waals surface area contributed by atoms with Crippen LogP contribution in [0.1, 0.15) is 33.6 Å². The molecule has 1 aliphatic rings. The van der Waals surface area contributed by atoms with Crippen molar-refractivity contribution in [2.45, 2.75) is 33.6 Å². The zero-order valence-corrected chi connectivity index (χ0v) is 8.62. The molecule has 2 atom stereocenters. The second-order valence-electron chi connectivity index (χ2n) is 3.91. The second-order valence-corrected chi connectivity index (χ2v) is 4.23. The molecule has 64 valence electrons. The molecule has 11 heavy (non-hydrogen) atoms. The Morgan fingerprint density at radius 2 is 2.09 bits per heavy atom. The molecule has 0 heterocycles. The predicted molar refractivity (Wildman–Crippen MR) is 54.1 cm³/mol. The van der Waals surface area contributed by atoms with Crippen LogP contribution in [0.5, 0.6) is 0 Å². The van der Waals surface area contributed by atoms with Gasteiger partial charge in [0.1, 0.15) is 0 Å². The largest absolute Gasteiger partial charge is 0.175 e. The normalized spacial score (nSPS) is 32.7. The van der Waals surface area contributed by atoms with Gasteiger partial charge in [-0.2, -0.15) is 12.6 Å². The van der Waals surface area contributed by atoms with Crippen molar-refractivity contribution in [3.63, 3.8) is 0 Å². The van der Waals surface area contributed by atoms with E-state index in [1.54, 1.807) is 11.1 Å². The molecule has 0 fully saturated rings. The molecule has 0 bridgehead atoms. The Labute approximate surface area is 75.5 Å². The van der Waals surface area contributed by atoms with Crippen LogP contribution in [0.25, 0.3) is 0 Å². The first kappa shape index (κ1) is 9.18. The summed E-state index contributed by atoms with van der Waals surface area (Å²) in [6.07, 6.45) is 2.65. The standard InChI is InChI=1S/C10H18S/c1-7-4-8(2)10(6-11)9(3)5-7/h7-8,11H,4-6H2,1-3H3/t7-,8+/m1/s1. The van der Waals surface area contributed by atoms with Crippen LogP contribution < -0.4 is 0 Å². The number of hydrogen-bond donors (Lipinski definition) is 1. The van der Waals surface area contributed by atoms with E-state index in [0.29, 0.717) is 0 Å². The van der Waals surface area contributed by atoms with E-state index in [1.807, 2.05) is 0 Å². The first-order chi connectivity index (χ1) is 5.15. The third-order valence-corrected chi connectivity index (χ3v) is 3.06. The third kappa shape index (κ3) is 2.02. The summed E-state index contributed by atoms with van der Waals surface area (Å²) in [4.78, 5) is 0. The van der Waals surface area contributed by atoms with Crippen molar-refractivity contribution in [3.05, 3.63) is 11.1 Å². The highest BCUT2D eigenvalue weighted by molar-refractivity contribution is 7.80. The molecular weight excluding hydrogens is 152 g/mol. The van der Waals surface area contributed by atoms with Crippen molar-refractivity contribution >= 4 is 12.6 Å². The lowest BCUT2D eigenvalue weighted by Gasteiger charge is -2.28. The number of thiol groups is 1. The second kappa shape index (κ2) is 3.66. The first-order valence-corrected chi connectivity index (χ1v) is 5.07. The molecular formula is C10H18S. The molecule has 0 aliphatic heterocycles. The number of hydrogen-bond acceptors (Lipinski definition) is 1. The van der Waals surface area contributed by atoms with E-state index >= 15 is 0 Å². The molecule has 1 heteroatoms. The zero-order valence-electron chi connectivity index (χ0n) is 7.72. The Balaban J connectivity index is 2.77. The lowest BCUT2D eigenvalue weighted by molar-refractivity contribution is 0.417. The molecule has 0 aromatic carbocycles. The fraction of sp³-hybridized carbons (Fsp3) is 0.800. The Bertz CT molecular complexity index is 170. The lowest BCUT2D eigenvalue weighted by Crippen LogP contribution is -2.15. The van der Waals surface area contributed by atoms with E-state index in [2.05, 4.69) is 33.4 Å². The molecule has 0 saturated carbocycles. The Kier molecular flexibility index (Phi) is 3.06. The van der Waals surface area contributed by atoms with Gasteiger partial charge in [-0.3, -0.25) is 0 Å². The number of rotatable bonds is 1. The lowest BCUT2D eigenvalue weighted by atomic mass is 9.79. The summed E-state index contributed by atoms with van der Waals surface area (Å²) < 4.78 is 0. The molecule has 0 spiro atoms. The molecule has 0 aromatic rings. The average molecular weight is 170 g/mol. The van der Waals surface area contributed by atoms with Gasteiger partial charge in [-0.1, -0.05) is 25.0 Å². The Morgan fingerprint density at radius 3 is 2.55 bits per heavy atom. The number of allylic oxidation sites excluding steroid dienone is 1. The van der Waals surface area contributed by atoms with Crippen LogP contribution in [0, 0.1) is 11.8 Å². The minimum absolute atomic E-state index is 0.774. The van der Waals surface area contributed by atoms with Gasteiger partial charge < -0.3 is 0 Å². The molecule has 1 rings (SSSR count). The fourth-order valence-electron chi connectivity index (χ4n) is 2.19. The minimum atomic E-state index is 0.774. The summed E-state index contributed by atoms with van der Waals surface area (Å²) in [5, 5.41) is 0. The topological polar surface area (TPSA) is 0 Å². The summed E-state index contributed by atoms with van der Waals surface area (Å²) in [5.74, 6) is 2.62. The highest BCUT2D eigenvalue weighted by Crippen LogP contribution is 2.33. The zero-order chi connectivity index (χ0) is 8.43. The highest BCUT2D eigenvalue weighted by Gasteiger charge is 2.20. The van der Waals surface area contributed by atoms with E-state index < -0.39 is 0 Å². The van der Waals surface area contributed by atoms with Crippen LogP contribution in [0.4, 0.5) is 0 Å². The maximum Gasteiger partial charge on any atom is 0.0118 e. The smallest absolute Gasteiger partial charge is 0.0118 e. The Morgan fingerprint density at radius 1 is 1.45 bits per heavy atom. The minimum Gasteiger partial charge on any atom is -0.175 e. The highest BCUT2D eigenvalue weighted by atomic mass is 32.1. The van der Waals surface area contributed by atoms with Gasteiger partial charge in [-0.05, 0) is 31.6 Å². The molecule has 0 N–H and O–H groups in total. The molecule has 0 nitrogen and oxygen atoms in total. The van der Waals surface area contributed by atoms with Gasteiger partial charge in [0.15, 0.2) is 0 Å². The summed E-state index contributed by atoms with van der Waals surface area (Å²) in [6.45, 7) is 6.93. The van der Waals surface area contributed by atoms with Gasteiger partial charge in [0.05, 0.1) is 0 Å². The van der Waals surface area contributed by atoms with Gasteiger partial charge in [0, 0.05) is 5.75 Å². The van der Waals surface area contributed by atoms with Crippen molar-refractivity contribution in [3.8, 4) is 0 Å². The average Bonchev–Trinajstić information content (AvgIpc) is 1.85. The van der Waals surface area contributed by atoms with E-state index in [4.69, 9.17) is 0 Å². The van der Waals surface area contributed by atoms with Crippen molar-refractivity contribution in [2.24, 2.45) is 11.8 Å². The van der Waals surface area contributed by atoms with E-state index in [9.17, 15) is 0 Å². The molecule has 0 radical (unpaired) electrons. The van der Waals surface area contributed by atoms with Gasteiger partial charge in [0.25, 0.3) is 0 Å². The summed E-state index contributed by atoms with van der Waals surface area (Å²) >= 11 is 4.35. The van der Waals surface area contributed by atoms with Crippen molar-refractivity contribution in [2.75, 3.05) is 5.75 Å². The maximum absolute atomic E-state index is 4.35. The predicted octanol–water partition coefficient (Wildman–Crippen LogP) is 3.30. The van der Waals surface area contributed by atoms with Crippen LogP contribution in [0.2, 0.25) is 0 Å². The summed E-state index contributed by atoms with van der Waals surface area (Å²) in [6, 6.07) is 0. The van der Waals surface area contributed by atoms with Crippen molar-refractivity contribution in [1.29, 1.82) is 0 Å². The van der Waals surface area contributed by atoms with Gasteiger partial charge in [-0.25, -0.2) is 0 Å². The summed E-state index contributed by atoms with van der Waals surface area (Å²) in [5.41, 5.74) is 3.18. The van der Waals surface area contributed by atoms with Crippen molar-refractivity contribution in [1.82, 2.24) is 0 Å². The van der Waals surface area contributed by atoms with Gasteiger partial charge in [0.2, 0.25) is 0 Å². The summed E-state index contributed by atoms with van der Waals surface area (Å²) in [7, 11) is 0. The van der Waals surface area contributed by atoms with Crippen LogP contribution >= 0.6 is 12.6 Å². The van der Waals surface area contributed by atoms with E-state index in [-0.39, 0.29) is 0 Å². The third-order valence-electron chi connectivity index (χ3n) is 2.72. The SMILES string of the molecule is CC1=C(CS)[C@@H](C)C[C@@H](C)C1. The molecule has 0 aromatic heterocycles. The molecule has 0 saturated heterocycles. The Hall–Kier alpha value is 0.0900. The van der Waals surface area contributed by atoms with E-state index in [0.717, 1.165) is 17.6 Å². The maximum atomic E-state index is 4.35. The van der Waals surface area contributed by atoms with Crippen molar-refractivity contribution < 1.29 is 0 Å². The molecule has 1 aliphatic carbocycles. The molecule has 0 amide bonds. The van der Waals surface area contributed by atoms with Gasteiger partial charge >= 0.3 is 0 Å². The quantitative estimate of drug-likeness (QED) is 0.453.